The van der Waals surface area contributed by atoms with Crippen molar-refractivity contribution in [1.82, 2.24) is 4.98 Å². The van der Waals surface area contributed by atoms with E-state index in [0.717, 1.165) is 9.48 Å². The third-order valence-electron chi connectivity index (χ3n) is 2.19. The molecule has 90 valence electrons. The Balaban J connectivity index is 2.45. The average molecular weight is 336 g/mol. The van der Waals surface area contributed by atoms with Crippen LogP contribution in [0.3, 0.4) is 0 Å². The fraction of sp³-hybridized carbons (Fsp3) is 0.182. The third kappa shape index (κ3) is 2.85. The minimum Gasteiger partial charge on any atom is -0.330 e. The van der Waals surface area contributed by atoms with E-state index in [1.165, 1.54) is 23.5 Å². The summed E-state index contributed by atoms with van der Waals surface area (Å²) in [5.41, 5.74) is 6.76. The van der Waals surface area contributed by atoms with E-state index in [9.17, 15) is 4.39 Å². The number of thiazole rings is 1. The number of rotatable bonds is 3. The van der Waals surface area contributed by atoms with Gasteiger partial charge in [-0.15, -0.1) is 11.3 Å². The highest BCUT2D eigenvalue weighted by molar-refractivity contribution is 9.11. The molecule has 0 saturated carbocycles. The van der Waals surface area contributed by atoms with Gasteiger partial charge in [0.1, 0.15) is 10.8 Å². The minimum atomic E-state index is -0.324. The SMILES string of the molecule is NCCc1nc(-c2cc(Cl)ccc2F)sc1Br. The Hall–Kier alpha value is -0.490. The smallest absolute Gasteiger partial charge is 0.133 e. The van der Waals surface area contributed by atoms with Crippen molar-refractivity contribution in [2.75, 3.05) is 6.54 Å². The van der Waals surface area contributed by atoms with E-state index in [-0.39, 0.29) is 5.82 Å². The number of halogens is 3. The van der Waals surface area contributed by atoms with Crippen molar-refractivity contribution in [3.05, 3.63) is 38.5 Å². The molecular weight excluding hydrogens is 327 g/mol. The molecule has 2 aromatic rings. The van der Waals surface area contributed by atoms with Crippen molar-refractivity contribution >= 4 is 38.9 Å². The van der Waals surface area contributed by atoms with Gasteiger partial charge in [0.05, 0.1) is 9.48 Å². The van der Waals surface area contributed by atoms with Crippen LogP contribution < -0.4 is 5.73 Å². The van der Waals surface area contributed by atoms with Crippen molar-refractivity contribution in [3.8, 4) is 10.6 Å². The number of benzene rings is 1. The quantitative estimate of drug-likeness (QED) is 0.925. The maximum absolute atomic E-state index is 13.7. The van der Waals surface area contributed by atoms with Crippen LogP contribution in [0.5, 0.6) is 0 Å². The number of aromatic nitrogens is 1. The molecule has 0 aliphatic rings. The topological polar surface area (TPSA) is 38.9 Å². The third-order valence-corrected chi connectivity index (χ3v) is 4.29. The minimum absolute atomic E-state index is 0.324. The van der Waals surface area contributed by atoms with Crippen LogP contribution in [0.4, 0.5) is 4.39 Å². The molecule has 0 unspecified atom stereocenters. The normalized spacial score (nSPS) is 10.8. The predicted octanol–water partition coefficient (Wildman–Crippen LogP) is 3.87. The van der Waals surface area contributed by atoms with Crippen molar-refractivity contribution in [2.24, 2.45) is 5.73 Å². The lowest BCUT2D eigenvalue weighted by atomic mass is 10.2. The molecule has 2 nitrogen and oxygen atoms in total. The first-order chi connectivity index (χ1) is 8.11. The van der Waals surface area contributed by atoms with Crippen LogP contribution >= 0.6 is 38.9 Å². The van der Waals surface area contributed by atoms with Gasteiger partial charge in [-0.25, -0.2) is 9.37 Å². The molecule has 0 saturated heterocycles. The maximum Gasteiger partial charge on any atom is 0.133 e. The van der Waals surface area contributed by atoms with Gasteiger partial charge in [-0.05, 0) is 40.7 Å². The van der Waals surface area contributed by atoms with E-state index in [4.69, 9.17) is 17.3 Å². The van der Waals surface area contributed by atoms with Crippen molar-refractivity contribution in [3.63, 3.8) is 0 Å². The summed E-state index contributed by atoms with van der Waals surface area (Å²) in [6, 6.07) is 4.44. The molecule has 2 N–H and O–H groups in total. The van der Waals surface area contributed by atoms with Gasteiger partial charge in [0, 0.05) is 17.0 Å². The summed E-state index contributed by atoms with van der Waals surface area (Å²) < 4.78 is 14.5. The second-order valence-corrected chi connectivity index (χ2v) is 6.16. The number of nitrogens with zero attached hydrogens (tertiary/aromatic N) is 1. The lowest BCUT2D eigenvalue weighted by Gasteiger charge is -1.99. The molecule has 1 heterocycles. The molecule has 0 radical (unpaired) electrons. The molecule has 0 bridgehead atoms. The molecular formula is C11H9BrClFN2S. The molecule has 0 spiro atoms. The Morgan fingerprint density at radius 2 is 2.24 bits per heavy atom. The standard InChI is InChI=1S/C11H9BrClFN2S/c12-10-9(3-4-15)16-11(17-10)7-5-6(13)1-2-8(7)14/h1-2,5H,3-4,15H2. The lowest BCUT2D eigenvalue weighted by Crippen LogP contribution is -2.03. The monoisotopic (exact) mass is 334 g/mol. The van der Waals surface area contributed by atoms with E-state index in [2.05, 4.69) is 20.9 Å². The zero-order valence-corrected chi connectivity index (χ0v) is 11.9. The maximum atomic E-state index is 13.7. The second-order valence-electron chi connectivity index (χ2n) is 3.40. The molecule has 0 amide bonds. The van der Waals surface area contributed by atoms with Gasteiger partial charge >= 0.3 is 0 Å². The first-order valence-electron chi connectivity index (χ1n) is 4.92. The second kappa shape index (κ2) is 5.44. The van der Waals surface area contributed by atoms with Gasteiger partial charge in [0.2, 0.25) is 0 Å². The van der Waals surface area contributed by atoms with Gasteiger partial charge in [0.15, 0.2) is 0 Å². The summed E-state index contributed by atoms with van der Waals surface area (Å²) in [5.74, 6) is -0.324. The number of hydrogen-bond acceptors (Lipinski definition) is 3. The van der Waals surface area contributed by atoms with Crippen LogP contribution in [0, 0.1) is 5.82 Å². The van der Waals surface area contributed by atoms with Crippen LogP contribution in [-0.4, -0.2) is 11.5 Å². The summed E-state index contributed by atoms with van der Waals surface area (Å²) in [4.78, 5) is 4.36. The van der Waals surface area contributed by atoms with Crippen molar-refractivity contribution in [2.45, 2.75) is 6.42 Å². The largest absolute Gasteiger partial charge is 0.330 e. The highest BCUT2D eigenvalue weighted by Crippen LogP contribution is 2.34. The first-order valence-corrected chi connectivity index (χ1v) is 6.91. The molecule has 17 heavy (non-hydrogen) atoms. The van der Waals surface area contributed by atoms with E-state index in [1.807, 2.05) is 0 Å². The van der Waals surface area contributed by atoms with Gasteiger partial charge in [-0.1, -0.05) is 11.6 Å². The first kappa shape index (κ1) is 13.0. The molecule has 0 fully saturated rings. The molecule has 0 atom stereocenters. The molecule has 6 heteroatoms. The summed E-state index contributed by atoms with van der Waals surface area (Å²) in [6.07, 6.45) is 0.666. The summed E-state index contributed by atoms with van der Waals surface area (Å²) in [5, 5.41) is 1.11. The highest BCUT2D eigenvalue weighted by atomic mass is 79.9. The predicted molar refractivity (Wildman–Crippen MR) is 73.0 cm³/mol. The molecule has 0 aliphatic heterocycles. The lowest BCUT2D eigenvalue weighted by molar-refractivity contribution is 0.631. The van der Waals surface area contributed by atoms with E-state index >= 15 is 0 Å². The van der Waals surface area contributed by atoms with Crippen molar-refractivity contribution in [1.29, 1.82) is 0 Å². The van der Waals surface area contributed by atoms with E-state index in [1.54, 1.807) is 6.07 Å². The summed E-state index contributed by atoms with van der Waals surface area (Å²) >= 11 is 10.6. The Kier molecular flexibility index (Phi) is 4.14. The average Bonchev–Trinajstić information content (AvgIpc) is 2.64. The van der Waals surface area contributed by atoms with Gasteiger partial charge in [-0.2, -0.15) is 0 Å². The van der Waals surface area contributed by atoms with E-state index in [0.29, 0.717) is 28.6 Å². The van der Waals surface area contributed by atoms with Gasteiger partial charge in [-0.3, -0.25) is 0 Å². The fourth-order valence-corrected chi connectivity index (χ4v) is 3.18. The van der Waals surface area contributed by atoms with E-state index < -0.39 is 0 Å². The van der Waals surface area contributed by atoms with Crippen LogP contribution in [0.1, 0.15) is 5.69 Å². The fourth-order valence-electron chi connectivity index (χ4n) is 1.40. The summed E-state index contributed by atoms with van der Waals surface area (Å²) in [7, 11) is 0. The Morgan fingerprint density at radius 3 is 2.94 bits per heavy atom. The Bertz CT molecular complexity index is 544. The molecule has 2 rings (SSSR count). The zero-order valence-electron chi connectivity index (χ0n) is 8.71. The molecule has 0 aliphatic carbocycles. The Morgan fingerprint density at radius 1 is 1.47 bits per heavy atom. The Labute approximate surface area is 116 Å². The van der Waals surface area contributed by atoms with Crippen LogP contribution in [0.15, 0.2) is 22.0 Å². The van der Waals surface area contributed by atoms with Crippen LogP contribution in [-0.2, 0) is 6.42 Å². The van der Waals surface area contributed by atoms with Gasteiger partial charge < -0.3 is 5.73 Å². The van der Waals surface area contributed by atoms with Crippen LogP contribution in [0.2, 0.25) is 5.02 Å². The zero-order chi connectivity index (χ0) is 12.4. The number of nitrogens with two attached hydrogens (primary N) is 1. The van der Waals surface area contributed by atoms with Gasteiger partial charge in [0.25, 0.3) is 0 Å². The van der Waals surface area contributed by atoms with Crippen molar-refractivity contribution < 1.29 is 4.39 Å². The molecule has 1 aromatic heterocycles. The molecule has 1 aromatic carbocycles. The highest BCUT2D eigenvalue weighted by Gasteiger charge is 2.13. The summed E-state index contributed by atoms with van der Waals surface area (Å²) in [6.45, 7) is 0.514. The number of hydrogen-bond donors (Lipinski definition) is 1. The van der Waals surface area contributed by atoms with Crippen LogP contribution in [0.25, 0.3) is 10.6 Å².